The number of nitrogens with zero attached hydrogens (tertiary/aromatic N) is 3. The molecule has 0 bridgehead atoms. The van der Waals surface area contributed by atoms with Crippen LogP contribution in [0.25, 0.3) is 12.2 Å². The summed E-state index contributed by atoms with van der Waals surface area (Å²) in [6, 6.07) is 10.4. The van der Waals surface area contributed by atoms with E-state index in [-0.39, 0.29) is 34.1 Å². The average molecular weight is 524 g/mol. The van der Waals surface area contributed by atoms with Crippen molar-refractivity contribution >= 4 is 46.9 Å². The Morgan fingerprint density at radius 2 is 1.84 bits per heavy atom. The maximum Gasteiger partial charge on any atom is 0.227 e. The summed E-state index contributed by atoms with van der Waals surface area (Å²) in [5.41, 5.74) is 2.73. The first kappa shape index (κ1) is 26.6. The second kappa shape index (κ2) is 11.7. The molecule has 194 valence electrons. The molecule has 1 fully saturated rings. The number of carbonyl (C=O) groups excluding carboxylic acids is 1. The van der Waals surface area contributed by atoms with E-state index >= 15 is 4.39 Å². The van der Waals surface area contributed by atoms with Gasteiger partial charge in [-0.2, -0.15) is 0 Å². The molecule has 7 nitrogen and oxygen atoms in total. The Hall–Kier alpha value is -3.49. The summed E-state index contributed by atoms with van der Waals surface area (Å²) in [6.45, 7) is 8.00. The van der Waals surface area contributed by atoms with Crippen molar-refractivity contribution in [3.05, 3.63) is 70.3 Å². The fraction of sp³-hybridized carbons (Fsp3) is 0.321. The number of hydrogen-bond acceptors (Lipinski definition) is 7. The molecule has 0 amide bonds. The minimum atomic E-state index is -0.679. The first-order valence-corrected chi connectivity index (χ1v) is 12.6. The molecule has 37 heavy (non-hydrogen) atoms. The second-order valence-electron chi connectivity index (χ2n) is 9.16. The molecular formula is C28H31ClFN5O2. The maximum absolute atomic E-state index is 15.0. The Morgan fingerprint density at radius 1 is 1.19 bits per heavy atom. The summed E-state index contributed by atoms with van der Waals surface area (Å²) in [6.07, 6.45) is 6.54. The van der Waals surface area contributed by atoms with Gasteiger partial charge in [0.15, 0.2) is 5.78 Å². The minimum Gasteiger partial charge on any atom is -0.495 e. The van der Waals surface area contributed by atoms with Crippen LogP contribution in [-0.4, -0.2) is 48.0 Å². The third kappa shape index (κ3) is 6.26. The van der Waals surface area contributed by atoms with Crippen LogP contribution in [0.4, 0.5) is 21.7 Å². The lowest BCUT2D eigenvalue weighted by Gasteiger charge is -2.37. The highest BCUT2D eigenvalue weighted by atomic mass is 35.5. The maximum atomic E-state index is 15.0. The summed E-state index contributed by atoms with van der Waals surface area (Å²) < 4.78 is 20.3. The number of ether oxygens (including phenoxy) is 1. The van der Waals surface area contributed by atoms with Gasteiger partial charge in [0, 0.05) is 66.5 Å². The molecular weight excluding hydrogens is 493 g/mol. The fourth-order valence-corrected chi connectivity index (χ4v) is 4.69. The lowest BCUT2D eigenvalue weighted by atomic mass is 10.0. The molecule has 9 heteroatoms. The van der Waals surface area contributed by atoms with Crippen LogP contribution in [0.1, 0.15) is 48.7 Å². The molecule has 1 aliphatic rings. The molecule has 0 aliphatic carbocycles. The fourth-order valence-electron chi connectivity index (χ4n) is 4.41. The number of nitrogens with one attached hydrogen (secondary N) is 2. The van der Waals surface area contributed by atoms with Crippen LogP contribution < -0.4 is 20.3 Å². The van der Waals surface area contributed by atoms with Gasteiger partial charge < -0.3 is 20.3 Å². The number of hydrogen-bond donors (Lipinski definition) is 2. The van der Waals surface area contributed by atoms with E-state index in [2.05, 4.69) is 51.5 Å². The lowest BCUT2D eigenvalue weighted by Crippen LogP contribution is -2.54. The molecule has 3 aromatic rings. The van der Waals surface area contributed by atoms with Crippen LogP contribution in [0.2, 0.25) is 5.02 Å². The Labute approximate surface area is 221 Å². The molecule has 0 unspecified atom stereocenters. The number of ketones is 1. The molecule has 1 aliphatic heterocycles. The SMILES string of the molecule is CCC(=O)c1cc(OC)c(Cl)c(/C=C/c2cnc(Nc3ccc(N4C[C@@H](C)N[C@@H](C)C4)cc3)nc2)c1F. The first-order chi connectivity index (χ1) is 17.8. The van der Waals surface area contributed by atoms with Crippen molar-refractivity contribution in [2.24, 2.45) is 0 Å². The Kier molecular flexibility index (Phi) is 8.41. The molecule has 2 heterocycles. The molecule has 0 saturated carbocycles. The number of methoxy groups -OCH3 is 1. The van der Waals surface area contributed by atoms with E-state index in [1.807, 2.05) is 12.1 Å². The summed E-state index contributed by atoms with van der Waals surface area (Å²) in [5.74, 6) is -0.328. The zero-order valence-electron chi connectivity index (χ0n) is 21.4. The minimum absolute atomic E-state index is 0.0498. The third-order valence-electron chi connectivity index (χ3n) is 6.20. The quantitative estimate of drug-likeness (QED) is 0.352. The second-order valence-corrected chi connectivity index (χ2v) is 9.54. The molecule has 1 saturated heterocycles. The average Bonchev–Trinajstić information content (AvgIpc) is 2.89. The van der Waals surface area contributed by atoms with Crippen LogP contribution in [0.3, 0.4) is 0 Å². The van der Waals surface area contributed by atoms with Crippen molar-refractivity contribution in [2.75, 3.05) is 30.4 Å². The van der Waals surface area contributed by atoms with Gasteiger partial charge in [-0.1, -0.05) is 24.6 Å². The van der Waals surface area contributed by atoms with Crippen molar-refractivity contribution in [2.45, 2.75) is 39.3 Å². The topological polar surface area (TPSA) is 79.4 Å². The Balaban J connectivity index is 1.46. The van der Waals surface area contributed by atoms with Gasteiger partial charge in [-0.25, -0.2) is 14.4 Å². The number of anilines is 3. The van der Waals surface area contributed by atoms with E-state index in [0.29, 0.717) is 23.6 Å². The van der Waals surface area contributed by atoms with E-state index in [4.69, 9.17) is 16.3 Å². The van der Waals surface area contributed by atoms with Gasteiger partial charge in [0.2, 0.25) is 5.95 Å². The van der Waals surface area contributed by atoms with Gasteiger partial charge >= 0.3 is 0 Å². The molecule has 2 aromatic carbocycles. The van der Waals surface area contributed by atoms with E-state index in [0.717, 1.165) is 18.8 Å². The van der Waals surface area contributed by atoms with Crippen LogP contribution in [0.5, 0.6) is 5.75 Å². The van der Waals surface area contributed by atoms with E-state index in [1.54, 1.807) is 25.4 Å². The van der Waals surface area contributed by atoms with Gasteiger partial charge in [0.25, 0.3) is 0 Å². The van der Waals surface area contributed by atoms with Crippen LogP contribution in [-0.2, 0) is 0 Å². The third-order valence-corrected chi connectivity index (χ3v) is 6.59. The van der Waals surface area contributed by atoms with Crippen molar-refractivity contribution in [3.63, 3.8) is 0 Å². The van der Waals surface area contributed by atoms with Crippen molar-refractivity contribution in [3.8, 4) is 5.75 Å². The smallest absolute Gasteiger partial charge is 0.227 e. The molecule has 4 rings (SSSR count). The highest BCUT2D eigenvalue weighted by Crippen LogP contribution is 2.34. The Morgan fingerprint density at radius 3 is 2.43 bits per heavy atom. The molecule has 1 aromatic heterocycles. The molecule has 2 N–H and O–H groups in total. The van der Waals surface area contributed by atoms with Crippen molar-refractivity contribution in [1.29, 1.82) is 0 Å². The standard InChI is InChI=1S/C28H31ClFN5O2/c1-5-24(36)23-12-25(37-4)26(29)22(27(23)30)11-6-19-13-31-28(32-14-19)34-20-7-9-21(10-8-20)35-15-17(2)33-18(3)16-35/h6-14,17-18,33H,5,15-16H2,1-4H3,(H,31,32,34)/b11-6+/t17-,18+. The van der Waals surface area contributed by atoms with E-state index < -0.39 is 5.82 Å². The Bertz CT molecular complexity index is 1270. The number of rotatable bonds is 8. The zero-order valence-corrected chi connectivity index (χ0v) is 22.1. The van der Waals surface area contributed by atoms with Gasteiger partial charge in [0.1, 0.15) is 11.6 Å². The normalized spacial score (nSPS) is 17.7. The van der Waals surface area contributed by atoms with E-state index in [9.17, 15) is 4.79 Å². The monoisotopic (exact) mass is 523 g/mol. The first-order valence-electron chi connectivity index (χ1n) is 12.3. The molecule has 0 spiro atoms. The van der Waals surface area contributed by atoms with Crippen molar-refractivity contribution in [1.82, 2.24) is 15.3 Å². The van der Waals surface area contributed by atoms with Gasteiger partial charge in [-0.15, -0.1) is 0 Å². The van der Waals surface area contributed by atoms with Crippen molar-refractivity contribution < 1.29 is 13.9 Å². The number of benzene rings is 2. The number of piperazine rings is 1. The number of halogens is 2. The van der Waals surface area contributed by atoms with Crippen LogP contribution in [0, 0.1) is 5.82 Å². The summed E-state index contributed by atoms with van der Waals surface area (Å²) in [5, 5.41) is 6.84. The van der Waals surface area contributed by atoms with Crippen LogP contribution >= 0.6 is 11.6 Å². The summed E-state index contributed by atoms with van der Waals surface area (Å²) in [7, 11) is 1.42. The number of aromatic nitrogens is 2. The predicted octanol–water partition coefficient (Wildman–Crippen LogP) is 5.97. The predicted molar refractivity (Wildman–Crippen MR) is 148 cm³/mol. The largest absolute Gasteiger partial charge is 0.495 e. The van der Waals surface area contributed by atoms with Gasteiger partial charge in [0.05, 0.1) is 17.7 Å². The number of carbonyl (C=O) groups is 1. The van der Waals surface area contributed by atoms with E-state index in [1.165, 1.54) is 24.9 Å². The zero-order chi connectivity index (χ0) is 26.5. The number of Topliss-reactive ketones (excluding diaryl/α,β-unsaturated/α-hetero) is 1. The molecule has 2 atom stereocenters. The lowest BCUT2D eigenvalue weighted by molar-refractivity contribution is 0.0984. The van der Waals surface area contributed by atoms with Gasteiger partial charge in [-0.05, 0) is 50.3 Å². The summed E-state index contributed by atoms with van der Waals surface area (Å²) >= 11 is 6.32. The highest BCUT2D eigenvalue weighted by Gasteiger charge is 2.21. The molecule has 0 radical (unpaired) electrons. The van der Waals surface area contributed by atoms with Gasteiger partial charge in [-0.3, -0.25) is 4.79 Å². The highest BCUT2D eigenvalue weighted by molar-refractivity contribution is 6.34. The summed E-state index contributed by atoms with van der Waals surface area (Å²) in [4.78, 5) is 23.3. The van der Waals surface area contributed by atoms with Crippen LogP contribution in [0.15, 0.2) is 42.7 Å².